The fourth-order valence-corrected chi connectivity index (χ4v) is 2.55. The first-order valence-corrected chi connectivity index (χ1v) is 5.90. The van der Waals surface area contributed by atoms with Crippen molar-refractivity contribution in [1.29, 1.82) is 0 Å². The number of hydrogen-bond donors (Lipinski definition) is 0. The summed E-state index contributed by atoms with van der Waals surface area (Å²) >= 11 is 0. The summed E-state index contributed by atoms with van der Waals surface area (Å²) in [5.74, 6) is 1.03. The zero-order valence-electron chi connectivity index (χ0n) is 9.55. The summed E-state index contributed by atoms with van der Waals surface area (Å²) in [5, 5.41) is 0. The van der Waals surface area contributed by atoms with Crippen LogP contribution in [0.4, 0.5) is 0 Å². The van der Waals surface area contributed by atoms with Crippen molar-refractivity contribution in [1.82, 2.24) is 4.90 Å². The Morgan fingerprint density at radius 1 is 1.15 bits per heavy atom. The minimum absolute atomic E-state index is 0.822. The summed E-state index contributed by atoms with van der Waals surface area (Å²) in [6, 6.07) is 0.822. The maximum atomic E-state index is 2.40. The number of rotatable bonds is 4. The molecule has 0 N–H and O–H groups in total. The number of nitrogens with zero attached hydrogens (tertiary/aromatic N) is 1. The Hall–Kier alpha value is -0.0400. The Labute approximate surface area is 83.5 Å². The van der Waals surface area contributed by atoms with Crippen LogP contribution in [0.3, 0.4) is 0 Å². The van der Waals surface area contributed by atoms with Crippen LogP contribution in [-0.2, 0) is 0 Å². The molecule has 78 valence electrons. The molecule has 1 fully saturated rings. The van der Waals surface area contributed by atoms with Crippen LogP contribution in [0, 0.1) is 5.92 Å². The molecule has 0 spiro atoms. The third-order valence-electron chi connectivity index (χ3n) is 3.53. The molecule has 1 unspecified atom stereocenters. The van der Waals surface area contributed by atoms with Gasteiger partial charge < -0.3 is 4.90 Å². The molecule has 0 aromatic carbocycles. The van der Waals surface area contributed by atoms with Crippen LogP contribution in [0.1, 0.15) is 51.9 Å². The molecule has 1 aliphatic rings. The summed E-state index contributed by atoms with van der Waals surface area (Å²) < 4.78 is 0. The normalized spacial score (nSPS) is 22.2. The highest BCUT2D eigenvalue weighted by Gasteiger charge is 2.18. The molecule has 1 aliphatic carbocycles. The molecule has 1 nitrogen and oxygen atoms in total. The van der Waals surface area contributed by atoms with Crippen molar-refractivity contribution >= 4 is 0 Å². The Bertz CT molecular complexity index is 125. The summed E-state index contributed by atoms with van der Waals surface area (Å²) in [4.78, 5) is 2.40. The Morgan fingerprint density at radius 2 is 1.77 bits per heavy atom. The van der Waals surface area contributed by atoms with Gasteiger partial charge in [-0.15, -0.1) is 0 Å². The molecule has 0 aromatic rings. The van der Waals surface area contributed by atoms with E-state index in [9.17, 15) is 0 Å². The molecule has 13 heavy (non-hydrogen) atoms. The quantitative estimate of drug-likeness (QED) is 0.646. The largest absolute Gasteiger partial charge is 0.306 e. The fraction of sp³-hybridized carbons (Fsp3) is 1.00. The second kappa shape index (κ2) is 5.64. The van der Waals surface area contributed by atoms with Crippen LogP contribution in [0.5, 0.6) is 0 Å². The molecule has 1 rings (SSSR count). The second-order valence-corrected chi connectivity index (χ2v) is 4.77. The predicted molar refractivity (Wildman–Crippen MR) is 59.0 cm³/mol. The van der Waals surface area contributed by atoms with Crippen molar-refractivity contribution in [2.75, 3.05) is 14.1 Å². The van der Waals surface area contributed by atoms with Gasteiger partial charge in [-0.05, 0) is 32.9 Å². The SMILES string of the molecule is CCC(CC1CCCCC1)N(C)C. The molecular formula is C12H25N. The van der Waals surface area contributed by atoms with Gasteiger partial charge in [0.1, 0.15) is 0 Å². The zero-order chi connectivity index (χ0) is 9.68. The van der Waals surface area contributed by atoms with E-state index in [1.807, 2.05) is 0 Å². The van der Waals surface area contributed by atoms with Gasteiger partial charge in [0.2, 0.25) is 0 Å². The van der Waals surface area contributed by atoms with Gasteiger partial charge in [-0.25, -0.2) is 0 Å². The molecule has 0 radical (unpaired) electrons. The molecule has 1 saturated carbocycles. The van der Waals surface area contributed by atoms with E-state index in [1.54, 1.807) is 0 Å². The number of hydrogen-bond acceptors (Lipinski definition) is 1. The molecule has 0 saturated heterocycles. The lowest BCUT2D eigenvalue weighted by Crippen LogP contribution is -2.30. The first-order chi connectivity index (χ1) is 6.24. The van der Waals surface area contributed by atoms with Gasteiger partial charge in [0.05, 0.1) is 0 Å². The molecule has 0 amide bonds. The molecule has 0 heterocycles. The first-order valence-electron chi connectivity index (χ1n) is 5.90. The summed E-state index contributed by atoms with van der Waals surface area (Å²) in [5.41, 5.74) is 0. The lowest BCUT2D eigenvalue weighted by molar-refractivity contribution is 0.211. The fourth-order valence-electron chi connectivity index (χ4n) is 2.55. The van der Waals surface area contributed by atoms with Crippen LogP contribution < -0.4 is 0 Å². The Balaban J connectivity index is 2.27. The van der Waals surface area contributed by atoms with Gasteiger partial charge in [-0.2, -0.15) is 0 Å². The Morgan fingerprint density at radius 3 is 2.23 bits per heavy atom. The van der Waals surface area contributed by atoms with E-state index in [2.05, 4.69) is 25.9 Å². The maximum absolute atomic E-state index is 2.40. The van der Waals surface area contributed by atoms with Crippen molar-refractivity contribution in [3.05, 3.63) is 0 Å². The lowest BCUT2D eigenvalue weighted by atomic mass is 9.84. The van der Waals surface area contributed by atoms with E-state index in [-0.39, 0.29) is 0 Å². The van der Waals surface area contributed by atoms with Gasteiger partial charge in [-0.1, -0.05) is 39.0 Å². The van der Waals surface area contributed by atoms with E-state index in [1.165, 1.54) is 44.9 Å². The first kappa shape index (κ1) is 11.0. The highest BCUT2D eigenvalue weighted by molar-refractivity contribution is 4.73. The van der Waals surface area contributed by atoms with Crippen molar-refractivity contribution in [3.8, 4) is 0 Å². The van der Waals surface area contributed by atoms with Gasteiger partial charge in [0, 0.05) is 6.04 Å². The smallest absolute Gasteiger partial charge is 0.00891 e. The van der Waals surface area contributed by atoms with E-state index >= 15 is 0 Å². The van der Waals surface area contributed by atoms with Gasteiger partial charge in [0.15, 0.2) is 0 Å². The molecule has 0 aromatic heterocycles. The van der Waals surface area contributed by atoms with Crippen LogP contribution in [0.25, 0.3) is 0 Å². The van der Waals surface area contributed by atoms with Crippen molar-refractivity contribution in [3.63, 3.8) is 0 Å². The van der Waals surface area contributed by atoms with E-state index < -0.39 is 0 Å². The topological polar surface area (TPSA) is 3.24 Å². The lowest BCUT2D eigenvalue weighted by Gasteiger charge is -2.29. The average molecular weight is 183 g/mol. The second-order valence-electron chi connectivity index (χ2n) is 4.77. The van der Waals surface area contributed by atoms with E-state index in [0.717, 1.165) is 12.0 Å². The van der Waals surface area contributed by atoms with Crippen molar-refractivity contribution in [2.45, 2.75) is 57.9 Å². The minimum atomic E-state index is 0.822. The maximum Gasteiger partial charge on any atom is 0.00891 e. The van der Waals surface area contributed by atoms with Crippen molar-refractivity contribution in [2.24, 2.45) is 5.92 Å². The summed E-state index contributed by atoms with van der Waals surface area (Å²) in [6.45, 7) is 2.31. The summed E-state index contributed by atoms with van der Waals surface area (Å²) in [6.07, 6.45) is 10.2. The summed E-state index contributed by atoms with van der Waals surface area (Å²) in [7, 11) is 4.44. The molecule has 0 bridgehead atoms. The zero-order valence-corrected chi connectivity index (χ0v) is 9.55. The predicted octanol–water partition coefficient (Wildman–Crippen LogP) is 3.30. The molecule has 0 aliphatic heterocycles. The monoisotopic (exact) mass is 183 g/mol. The molecular weight excluding hydrogens is 158 g/mol. The van der Waals surface area contributed by atoms with E-state index in [0.29, 0.717) is 0 Å². The van der Waals surface area contributed by atoms with Crippen LogP contribution in [-0.4, -0.2) is 25.0 Å². The molecule has 1 heteroatoms. The Kier molecular flexibility index (Phi) is 4.79. The molecule has 1 atom stereocenters. The van der Waals surface area contributed by atoms with Crippen molar-refractivity contribution < 1.29 is 0 Å². The van der Waals surface area contributed by atoms with Gasteiger partial charge in [0.25, 0.3) is 0 Å². The minimum Gasteiger partial charge on any atom is -0.306 e. The van der Waals surface area contributed by atoms with Gasteiger partial charge in [-0.3, -0.25) is 0 Å². The third kappa shape index (κ3) is 3.68. The van der Waals surface area contributed by atoms with E-state index in [4.69, 9.17) is 0 Å². The average Bonchev–Trinajstić information content (AvgIpc) is 2.15. The van der Waals surface area contributed by atoms with Crippen LogP contribution >= 0.6 is 0 Å². The van der Waals surface area contributed by atoms with Crippen LogP contribution in [0.2, 0.25) is 0 Å². The van der Waals surface area contributed by atoms with Gasteiger partial charge >= 0.3 is 0 Å². The van der Waals surface area contributed by atoms with Crippen LogP contribution in [0.15, 0.2) is 0 Å². The highest BCUT2D eigenvalue weighted by Crippen LogP contribution is 2.28. The highest BCUT2D eigenvalue weighted by atomic mass is 15.1. The third-order valence-corrected chi connectivity index (χ3v) is 3.53. The standard InChI is InChI=1S/C12H25N/c1-4-12(13(2)3)10-11-8-6-5-7-9-11/h11-12H,4-10H2,1-3H3.